The molecule has 0 aromatic heterocycles. The highest BCUT2D eigenvalue weighted by molar-refractivity contribution is 6.19. The maximum absolute atomic E-state index is 5.48. The molecule has 56 valence electrons. The number of anilines is 1. The average molecular weight is 166 g/mol. The van der Waals surface area contributed by atoms with Gasteiger partial charge in [-0.25, -0.2) is 0 Å². The topological polar surface area (TPSA) is 26.0 Å². The summed E-state index contributed by atoms with van der Waals surface area (Å²) < 4.78 is 0. The molecule has 0 amide bonds. The largest absolute Gasteiger partial charge is 0.399 e. The standard InChI is InChI=1S/C9H8ClN/c10-7-1-2-8-3-5-9(11)6-4-8/h3-6H,7,11H2. The second-order valence-corrected chi connectivity index (χ2v) is 2.32. The van der Waals surface area contributed by atoms with E-state index in [1.165, 1.54) is 0 Å². The van der Waals surface area contributed by atoms with Crippen LogP contribution in [0.4, 0.5) is 5.69 Å². The van der Waals surface area contributed by atoms with Crippen LogP contribution in [-0.4, -0.2) is 5.88 Å². The Bertz CT molecular complexity index is 279. The third-order valence-electron chi connectivity index (χ3n) is 1.21. The molecule has 0 spiro atoms. The summed E-state index contributed by atoms with van der Waals surface area (Å²) in [6, 6.07) is 7.38. The van der Waals surface area contributed by atoms with E-state index in [-0.39, 0.29) is 0 Å². The second-order valence-electron chi connectivity index (χ2n) is 2.06. The third-order valence-corrected chi connectivity index (χ3v) is 1.34. The summed E-state index contributed by atoms with van der Waals surface area (Å²) in [6.45, 7) is 0. The minimum atomic E-state index is 0.365. The van der Waals surface area contributed by atoms with Gasteiger partial charge < -0.3 is 5.73 Å². The molecule has 0 heterocycles. The van der Waals surface area contributed by atoms with Gasteiger partial charge in [-0.3, -0.25) is 0 Å². The van der Waals surface area contributed by atoms with E-state index in [0.29, 0.717) is 5.88 Å². The van der Waals surface area contributed by atoms with Crippen molar-refractivity contribution < 1.29 is 0 Å². The first kappa shape index (κ1) is 7.97. The van der Waals surface area contributed by atoms with E-state index < -0.39 is 0 Å². The van der Waals surface area contributed by atoms with Crippen LogP contribution in [0, 0.1) is 11.8 Å². The predicted molar refractivity (Wildman–Crippen MR) is 48.5 cm³/mol. The first-order valence-electron chi connectivity index (χ1n) is 3.23. The fourth-order valence-corrected chi connectivity index (χ4v) is 0.769. The summed E-state index contributed by atoms with van der Waals surface area (Å²) in [5.74, 6) is 6.01. The minimum absolute atomic E-state index is 0.365. The van der Waals surface area contributed by atoms with E-state index in [0.717, 1.165) is 11.3 Å². The molecule has 11 heavy (non-hydrogen) atoms. The quantitative estimate of drug-likeness (QED) is 0.355. The van der Waals surface area contributed by atoms with Gasteiger partial charge in [0.15, 0.2) is 0 Å². The summed E-state index contributed by atoms with van der Waals surface area (Å²) in [5.41, 5.74) is 7.18. The van der Waals surface area contributed by atoms with Crippen LogP contribution in [0.5, 0.6) is 0 Å². The first-order valence-corrected chi connectivity index (χ1v) is 3.77. The van der Waals surface area contributed by atoms with Gasteiger partial charge in [-0.15, -0.1) is 11.6 Å². The zero-order valence-corrected chi connectivity index (χ0v) is 6.73. The Labute approximate surface area is 71.2 Å². The summed E-state index contributed by atoms with van der Waals surface area (Å²) in [6.07, 6.45) is 0. The molecule has 0 saturated heterocycles. The lowest BCUT2D eigenvalue weighted by Gasteiger charge is -1.90. The van der Waals surface area contributed by atoms with Gasteiger partial charge in [0.05, 0.1) is 5.88 Å². The van der Waals surface area contributed by atoms with E-state index in [1.54, 1.807) is 0 Å². The van der Waals surface area contributed by atoms with Crippen molar-refractivity contribution in [3.63, 3.8) is 0 Å². The van der Waals surface area contributed by atoms with Crippen LogP contribution in [0.15, 0.2) is 24.3 Å². The van der Waals surface area contributed by atoms with Gasteiger partial charge in [-0.1, -0.05) is 11.8 Å². The summed E-state index contributed by atoms with van der Waals surface area (Å²) >= 11 is 5.38. The molecule has 1 aromatic rings. The number of nitrogens with two attached hydrogens (primary N) is 1. The lowest BCUT2D eigenvalue weighted by atomic mass is 10.2. The molecule has 0 saturated carbocycles. The van der Waals surface area contributed by atoms with Crippen molar-refractivity contribution in [2.75, 3.05) is 11.6 Å². The Morgan fingerprint density at radius 3 is 2.45 bits per heavy atom. The summed E-state index contributed by atoms with van der Waals surface area (Å²) in [7, 11) is 0. The second kappa shape index (κ2) is 3.90. The number of alkyl halides is 1. The van der Waals surface area contributed by atoms with Crippen molar-refractivity contribution in [2.24, 2.45) is 0 Å². The van der Waals surface area contributed by atoms with Crippen LogP contribution in [0.25, 0.3) is 0 Å². The monoisotopic (exact) mass is 165 g/mol. The highest BCUT2D eigenvalue weighted by Gasteiger charge is 1.84. The van der Waals surface area contributed by atoms with Gasteiger partial charge in [0.1, 0.15) is 0 Å². The Morgan fingerprint density at radius 1 is 1.27 bits per heavy atom. The lowest BCUT2D eigenvalue weighted by Crippen LogP contribution is -1.83. The van der Waals surface area contributed by atoms with Crippen LogP contribution in [0.2, 0.25) is 0 Å². The van der Waals surface area contributed by atoms with E-state index in [2.05, 4.69) is 11.8 Å². The average Bonchev–Trinajstić information content (AvgIpc) is 2.04. The van der Waals surface area contributed by atoms with Gasteiger partial charge in [0.2, 0.25) is 0 Å². The van der Waals surface area contributed by atoms with Crippen molar-refractivity contribution in [2.45, 2.75) is 0 Å². The zero-order chi connectivity index (χ0) is 8.10. The van der Waals surface area contributed by atoms with E-state index in [9.17, 15) is 0 Å². The van der Waals surface area contributed by atoms with Crippen LogP contribution < -0.4 is 5.73 Å². The summed E-state index contributed by atoms with van der Waals surface area (Å²) in [5, 5.41) is 0. The smallest absolute Gasteiger partial charge is 0.0839 e. The maximum Gasteiger partial charge on any atom is 0.0839 e. The molecule has 0 atom stereocenters. The Hall–Kier alpha value is -1.13. The number of hydrogen-bond acceptors (Lipinski definition) is 1. The van der Waals surface area contributed by atoms with Crippen molar-refractivity contribution in [3.8, 4) is 11.8 Å². The highest BCUT2D eigenvalue weighted by atomic mass is 35.5. The van der Waals surface area contributed by atoms with Crippen LogP contribution in [0.3, 0.4) is 0 Å². The highest BCUT2D eigenvalue weighted by Crippen LogP contribution is 2.03. The van der Waals surface area contributed by atoms with Crippen molar-refractivity contribution in [1.82, 2.24) is 0 Å². The molecule has 2 heteroatoms. The van der Waals surface area contributed by atoms with Gasteiger partial charge >= 0.3 is 0 Å². The van der Waals surface area contributed by atoms with E-state index >= 15 is 0 Å². The van der Waals surface area contributed by atoms with Gasteiger partial charge in [-0.05, 0) is 24.3 Å². The molecule has 1 rings (SSSR count). The van der Waals surface area contributed by atoms with Gasteiger partial charge in [0, 0.05) is 11.3 Å². The van der Waals surface area contributed by atoms with Crippen LogP contribution >= 0.6 is 11.6 Å². The van der Waals surface area contributed by atoms with Crippen molar-refractivity contribution in [1.29, 1.82) is 0 Å². The Morgan fingerprint density at radius 2 is 1.91 bits per heavy atom. The zero-order valence-electron chi connectivity index (χ0n) is 5.97. The van der Waals surface area contributed by atoms with Crippen LogP contribution in [0.1, 0.15) is 5.56 Å². The molecule has 1 nitrogen and oxygen atoms in total. The Balaban J connectivity index is 2.82. The van der Waals surface area contributed by atoms with E-state index in [4.69, 9.17) is 17.3 Å². The molecule has 0 radical (unpaired) electrons. The van der Waals surface area contributed by atoms with Gasteiger partial charge in [0.25, 0.3) is 0 Å². The molecule has 0 aliphatic heterocycles. The van der Waals surface area contributed by atoms with Gasteiger partial charge in [-0.2, -0.15) is 0 Å². The van der Waals surface area contributed by atoms with Crippen molar-refractivity contribution in [3.05, 3.63) is 29.8 Å². The minimum Gasteiger partial charge on any atom is -0.399 e. The van der Waals surface area contributed by atoms with Crippen LogP contribution in [-0.2, 0) is 0 Å². The number of rotatable bonds is 0. The molecule has 0 bridgehead atoms. The number of benzene rings is 1. The fourth-order valence-electron chi connectivity index (χ4n) is 0.702. The normalized spacial score (nSPS) is 8.45. The lowest BCUT2D eigenvalue weighted by molar-refractivity contribution is 1.63. The number of halogens is 1. The molecule has 2 N–H and O–H groups in total. The predicted octanol–water partition coefficient (Wildman–Crippen LogP) is 1.86. The third kappa shape index (κ3) is 2.53. The maximum atomic E-state index is 5.48. The first-order chi connectivity index (χ1) is 5.33. The fraction of sp³-hybridized carbons (Fsp3) is 0.111. The van der Waals surface area contributed by atoms with Crippen molar-refractivity contribution >= 4 is 17.3 Å². The molecule has 0 aliphatic rings. The molecule has 1 aromatic carbocycles. The van der Waals surface area contributed by atoms with E-state index in [1.807, 2.05) is 24.3 Å². The SMILES string of the molecule is Nc1ccc(C#CCCl)cc1. The Kier molecular flexibility index (Phi) is 2.83. The molecular weight excluding hydrogens is 158 g/mol. The molecule has 0 fully saturated rings. The number of hydrogen-bond donors (Lipinski definition) is 1. The molecule has 0 aliphatic carbocycles. The molecular formula is C9H8ClN. The summed E-state index contributed by atoms with van der Waals surface area (Å²) in [4.78, 5) is 0. The molecule has 0 unspecified atom stereocenters. The number of nitrogen functional groups attached to an aromatic ring is 1.